The molecule has 0 bridgehead atoms. The summed E-state index contributed by atoms with van der Waals surface area (Å²) in [5, 5.41) is 4.09. The second-order valence-electron chi connectivity index (χ2n) is 3.26. The van der Waals surface area contributed by atoms with Crippen molar-refractivity contribution in [1.82, 2.24) is 9.78 Å². The number of alkyl halides is 1. The number of nitrogens with zero attached hydrogens (tertiary/aromatic N) is 2. The molecule has 0 atom stereocenters. The number of aryl methyl sites for hydroxylation is 1. The zero-order valence-corrected chi connectivity index (χ0v) is 11.0. The number of aromatic nitrogens is 2. The van der Waals surface area contributed by atoms with Crippen LogP contribution in [-0.2, 0) is 17.9 Å². The van der Waals surface area contributed by atoms with Crippen molar-refractivity contribution in [1.29, 1.82) is 0 Å². The van der Waals surface area contributed by atoms with Crippen LogP contribution in [0.15, 0.2) is 6.20 Å². The molecule has 86 valence electrons. The normalized spacial score (nSPS) is 10.9. The van der Waals surface area contributed by atoms with Gasteiger partial charge in [-0.2, -0.15) is 5.10 Å². The molecule has 1 aromatic heterocycles. The van der Waals surface area contributed by atoms with Crippen molar-refractivity contribution in [3.05, 3.63) is 15.5 Å². The van der Waals surface area contributed by atoms with Crippen LogP contribution in [0.4, 0.5) is 4.39 Å². The minimum atomic E-state index is -0.389. The fourth-order valence-electron chi connectivity index (χ4n) is 1.22. The van der Waals surface area contributed by atoms with Gasteiger partial charge < -0.3 is 4.74 Å². The van der Waals surface area contributed by atoms with Gasteiger partial charge in [0.05, 0.1) is 28.6 Å². The average molecular weight is 326 g/mol. The van der Waals surface area contributed by atoms with Gasteiger partial charge in [0.1, 0.15) is 6.67 Å². The number of hydrogen-bond donors (Lipinski definition) is 0. The Morgan fingerprint density at radius 2 is 2.40 bits per heavy atom. The highest BCUT2D eigenvalue weighted by molar-refractivity contribution is 14.1. The topological polar surface area (TPSA) is 27.1 Å². The molecule has 0 aliphatic heterocycles. The van der Waals surface area contributed by atoms with Gasteiger partial charge in [-0.15, -0.1) is 0 Å². The van der Waals surface area contributed by atoms with Gasteiger partial charge in [-0.25, -0.2) is 4.39 Å². The van der Waals surface area contributed by atoms with Crippen molar-refractivity contribution in [3.8, 4) is 0 Å². The lowest BCUT2D eigenvalue weighted by Crippen LogP contribution is -2.09. The first-order valence-corrected chi connectivity index (χ1v) is 6.21. The molecule has 0 fully saturated rings. The van der Waals surface area contributed by atoms with Crippen molar-refractivity contribution >= 4 is 22.6 Å². The Bertz CT molecular complexity index is 291. The maximum atomic E-state index is 12.2. The summed E-state index contributed by atoms with van der Waals surface area (Å²) in [6.45, 7) is 3.33. The van der Waals surface area contributed by atoms with Crippen LogP contribution in [0.25, 0.3) is 0 Å². The minimum Gasteiger partial charge on any atom is -0.375 e. The number of unbranched alkanes of at least 4 members (excludes halogenated alkanes) is 1. The summed E-state index contributed by atoms with van der Waals surface area (Å²) in [6.07, 6.45) is 3.93. The molecule has 0 amide bonds. The number of rotatable bonds is 7. The van der Waals surface area contributed by atoms with E-state index in [1.807, 2.05) is 0 Å². The summed E-state index contributed by atoms with van der Waals surface area (Å²) >= 11 is 2.20. The maximum Gasteiger partial charge on any atom is 0.109 e. The van der Waals surface area contributed by atoms with E-state index in [1.54, 1.807) is 10.9 Å². The second kappa shape index (κ2) is 7.16. The highest BCUT2D eigenvalue weighted by atomic mass is 127. The average Bonchev–Trinajstić information content (AvgIpc) is 2.56. The Balaban J connectivity index is 2.46. The van der Waals surface area contributed by atoms with Crippen LogP contribution in [0.2, 0.25) is 0 Å². The number of hydrogen-bond acceptors (Lipinski definition) is 2. The zero-order valence-electron chi connectivity index (χ0n) is 8.88. The number of halogens is 2. The Kier molecular flexibility index (Phi) is 6.16. The van der Waals surface area contributed by atoms with E-state index in [0.717, 1.165) is 28.7 Å². The van der Waals surface area contributed by atoms with Gasteiger partial charge in [0.15, 0.2) is 0 Å². The van der Waals surface area contributed by atoms with E-state index in [9.17, 15) is 4.39 Å². The first-order chi connectivity index (χ1) is 7.29. The molecule has 0 spiro atoms. The molecule has 0 aliphatic carbocycles. The molecule has 1 heterocycles. The van der Waals surface area contributed by atoms with E-state index in [0.29, 0.717) is 13.2 Å². The van der Waals surface area contributed by atoms with E-state index < -0.39 is 0 Å². The van der Waals surface area contributed by atoms with Crippen molar-refractivity contribution in [3.63, 3.8) is 0 Å². The largest absolute Gasteiger partial charge is 0.375 e. The molecule has 1 rings (SSSR count). The lowest BCUT2D eigenvalue weighted by atomic mass is 10.4. The van der Waals surface area contributed by atoms with Gasteiger partial charge in [0.25, 0.3) is 0 Å². The van der Waals surface area contributed by atoms with Crippen LogP contribution in [0.5, 0.6) is 0 Å². The lowest BCUT2D eigenvalue weighted by molar-refractivity contribution is 0.111. The highest BCUT2D eigenvalue weighted by Crippen LogP contribution is 2.13. The van der Waals surface area contributed by atoms with E-state index in [1.165, 1.54) is 0 Å². The smallest absolute Gasteiger partial charge is 0.109 e. The van der Waals surface area contributed by atoms with E-state index in [4.69, 9.17) is 4.74 Å². The van der Waals surface area contributed by atoms with Crippen LogP contribution in [0, 0.1) is 3.57 Å². The summed E-state index contributed by atoms with van der Waals surface area (Å²) in [5.74, 6) is 0. The first-order valence-electron chi connectivity index (χ1n) is 5.13. The van der Waals surface area contributed by atoms with Gasteiger partial charge >= 0.3 is 0 Å². The molecule has 0 radical (unpaired) electrons. The predicted molar refractivity (Wildman–Crippen MR) is 65.5 cm³/mol. The third kappa shape index (κ3) is 4.06. The standard InChI is InChI=1S/C10H16FIN2O/c1-2-3-6-15-8-10-9(12)7-13-14(10)5-4-11/h7H,2-6,8H2,1H3. The molecule has 0 unspecified atom stereocenters. The van der Waals surface area contributed by atoms with Crippen molar-refractivity contribution in [2.24, 2.45) is 0 Å². The fourth-order valence-corrected chi connectivity index (χ4v) is 1.78. The van der Waals surface area contributed by atoms with E-state index in [2.05, 4.69) is 34.6 Å². The molecule has 0 aromatic carbocycles. The van der Waals surface area contributed by atoms with Crippen LogP contribution in [-0.4, -0.2) is 23.1 Å². The SMILES string of the molecule is CCCCOCc1c(I)cnn1CCF. The highest BCUT2D eigenvalue weighted by Gasteiger charge is 2.08. The summed E-state index contributed by atoms with van der Waals surface area (Å²) < 4.78 is 20.4. The fraction of sp³-hybridized carbons (Fsp3) is 0.700. The molecule has 0 aliphatic rings. The van der Waals surface area contributed by atoms with Crippen LogP contribution >= 0.6 is 22.6 Å². The summed E-state index contributed by atoms with van der Waals surface area (Å²) in [7, 11) is 0. The third-order valence-electron chi connectivity index (χ3n) is 2.08. The lowest BCUT2D eigenvalue weighted by Gasteiger charge is -2.06. The summed E-state index contributed by atoms with van der Waals surface area (Å²) in [5.41, 5.74) is 0.976. The minimum absolute atomic E-state index is 0.315. The number of ether oxygens (including phenoxy) is 1. The van der Waals surface area contributed by atoms with Gasteiger partial charge in [-0.1, -0.05) is 13.3 Å². The van der Waals surface area contributed by atoms with Crippen molar-refractivity contribution < 1.29 is 9.13 Å². The Morgan fingerprint density at radius 3 is 3.07 bits per heavy atom. The second-order valence-corrected chi connectivity index (χ2v) is 4.42. The maximum absolute atomic E-state index is 12.2. The monoisotopic (exact) mass is 326 g/mol. The predicted octanol–water partition coefficient (Wildman–Crippen LogP) is 2.77. The van der Waals surface area contributed by atoms with Gasteiger partial charge in [0, 0.05) is 6.61 Å². The molecule has 0 saturated carbocycles. The summed E-state index contributed by atoms with van der Waals surface area (Å²) in [6, 6.07) is 0. The van der Waals surface area contributed by atoms with E-state index >= 15 is 0 Å². The van der Waals surface area contributed by atoms with Gasteiger partial charge in [-0.3, -0.25) is 4.68 Å². The quantitative estimate of drug-likeness (QED) is 0.569. The molecule has 0 saturated heterocycles. The van der Waals surface area contributed by atoms with Crippen LogP contribution in [0.3, 0.4) is 0 Å². The molecule has 1 aromatic rings. The van der Waals surface area contributed by atoms with Crippen LogP contribution < -0.4 is 0 Å². The van der Waals surface area contributed by atoms with Crippen LogP contribution in [0.1, 0.15) is 25.5 Å². The molecular weight excluding hydrogens is 310 g/mol. The van der Waals surface area contributed by atoms with Crippen molar-refractivity contribution in [2.45, 2.75) is 32.9 Å². The Hall–Kier alpha value is -0.170. The molecule has 0 N–H and O–H groups in total. The van der Waals surface area contributed by atoms with Gasteiger partial charge in [0.2, 0.25) is 0 Å². The molecule has 3 nitrogen and oxygen atoms in total. The van der Waals surface area contributed by atoms with E-state index in [-0.39, 0.29) is 6.67 Å². The molecule has 15 heavy (non-hydrogen) atoms. The molecule has 5 heteroatoms. The van der Waals surface area contributed by atoms with Gasteiger partial charge in [-0.05, 0) is 29.0 Å². The summed E-state index contributed by atoms with van der Waals surface area (Å²) in [4.78, 5) is 0. The Morgan fingerprint density at radius 1 is 1.60 bits per heavy atom. The Labute approximate surface area is 103 Å². The first kappa shape index (κ1) is 12.9. The van der Waals surface area contributed by atoms with Crippen molar-refractivity contribution in [2.75, 3.05) is 13.3 Å². The zero-order chi connectivity index (χ0) is 11.1. The third-order valence-corrected chi connectivity index (χ3v) is 2.98. The molecular formula is C10H16FIN2O.